The third-order valence-electron chi connectivity index (χ3n) is 4.66. The molecule has 0 saturated carbocycles. The standard InChI is InChI=1S/C21H22FN3O2S/c1-3-4-5-10-25-20(27)16-9-7-14(11-18(16)24-21(25)28)19(26)23-15-8-6-13(2)17(22)12-15/h6-9,11-12H,3-5,10H2,1-2H3,(H,23,26)(H,24,28). The van der Waals surface area contributed by atoms with Crippen LogP contribution in [0.2, 0.25) is 0 Å². The van der Waals surface area contributed by atoms with E-state index < -0.39 is 5.91 Å². The molecule has 5 nitrogen and oxygen atoms in total. The predicted molar refractivity (Wildman–Crippen MR) is 112 cm³/mol. The summed E-state index contributed by atoms with van der Waals surface area (Å²) in [6.07, 6.45) is 2.97. The molecule has 0 spiro atoms. The van der Waals surface area contributed by atoms with Crippen LogP contribution in [0, 0.1) is 17.5 Å². The molecule has 0 unspecified atom stereocenters. The summed E-state index contributed by atoms with van der Waals surface area (Å²) in [5.41, 5.74) is 1.56. The fourth-order valence-electron chi connectivity index (χ4n) is 2.99. The molecule has 0 fully saturated rings. The van der Waals surface area contributed by atoms with E-state index in [1.165, 1.54) is 6.07 Å². The monoisotopic (exact) mass is 399 g/mol. The molecule has 28 heavy (non-hydrogen) atoms. The Morgan fingerprint density at radius 2 is 2.00 bits per heavy atom. The second-order valence-electron chi connectivity index (χ2n) is 6.77. The van der Waals surface area contributed by atoms with Crippen LogP contribution in [-0.2, 0) is 6.54 Å². The van der Waals surface area contributed by atoms with Crippen molar-refractivity contribution >= 4 is 34.7 Å². The molecule has 2 N–H and O–H groups in total. The van der Waals surface area contributed by atoms with Gasteiger partial charge in [0.05, 0.1) is 10.9 Å². The molecule has 2 aromatic carbocycles. The number of aromatic amines is 1. The summed E-state index contributed by atoms with van der Waals surface area (Å²) in [5, 5.41) is 3.14. The Morgan fingerprint density at radius 1 is 1.21 bits per heavy atom. The Labute approximate surface area is 167 Å². The van der Waals surface area contributed by atoms with Crippen LogP contribution < -0.4 is 10.9 Å². The number of benzene rings is 2. The van der Waals surface area contributed by atoms with Gasteiger partial charge < -0.3 is 10.3 Å². The minimum Gasteiger partial charge on any atom is -0.332 e. The van der Waals surface area contributed by atoms with Gasteiger partial charge in [-0.15, -0.1) is 0 Å². The van der Waals surface area contributed by atoms with Crippen LogP contribution in [0.5, 0.6) is 0 Å². The minimum atomic E-state index is -0.392. The van der Waals surface area contributed by atoms with Gasteiger partial charge in [0.15, 0.2) is 4.77 Å². The zero-order valence-electron chi connectivity index (χ0n) is 15.8. The summed E-state index contributed by atoms with van der Waals surface area (Å²) in [6, 6.07) is 9.30. The number of hydrogen-bond acceptors (Lipinski definition) is 3. The lowest BCUT2D eigenvalue weighted by molar-refractivity contribution is 0.102. The van der Waals surface area contributed by atoms with Crippen molar-refractivity contribution in [2.45, 2.75) is 39.7 Å². The van der Waals surface area contributed by atoms with E-state index in [0.29, 0.717) is 39.0 Å². The lowest BCUT2D eigenvalue weighted by Crippen LogP contribution is -2.22. The number of rotatable bonds is 6. The highest BCUT2D eigenvalue weighted by molar-refractivity contribution is 7.71. The van der Waals surface area contributed by atoms with E-state index in [1.807, 2.05) is 0 Å². The average molecular weight is 399 g/mol. The first-order chi connectivity index (χ1) is 13.4. The first-order valence-electron chi connectivity index (χ1n) is 9.25. The molecule has 0 bridgehead atoms. The van der Waals surface area contributed by atoms with E-state index in [9.17, 15) is 14.0 Å². The molecule has 7 heteroatoms. The minimum absolute atomic E-state index is 0.164. The molecule has 3 rings (SSSR count). The highest BCUT2D eigenvalue weighted by Gasteiger charge is 2.11. The molecule has 1 amide bonds. The van der Waals surface area contributed by atoms with E-state index in [1.54, 1.807) is 41.8 Å². The number of halogens is 1. The van der Waals surface area contributed by atoms with Crippen molar-refractivity contribution in [3.63, 3.8) is 0 Å². The van der Waals surface area contributed by atoms with Gasteiger partial charge in [-0.25, -0.2) is 4.39 Å². The number of aryl methyl sites for hydroxylation is 1. The number of H-pyrrole nitrogens is 1. The van der Waals surface area contributed by atoms with Gasteiger partial charge in [-0.2, -0.15) is 0 Å². The number of carbonyl (C=O) groups is 1. The molecule has 0 aliphatic carbocycles. The zero-order chi connectivity index (χ0) is 20.3. The van der Waals surface area contributed by atoms with E-state index in [2.05, 4.69) is 17.2 Å². The molecule has 1 aromatic heterocycles. The first-order valence-corrected chi connectivity index (χ1v) is 9.66. The summed E-state index contributed by atoms with van der Waals surface area (Å²) in [5.74, 6) is -0.777. The van der Waals surface area contributed by atoms with Crippen molar-refractivity contribution in [2.75, 3.05) is 5.32 Å². The van der Waals surface area contributed by atoms with Gasteiger partial charge in [-0.1, -0.05) is 25.8 Å². The maximum absolute atomic E-state index is 13.7. The molecule has 0 aliphatic heterocycles. The summed E-state index contributed by atoms with van der Waals surface area (Å²) in [4.78, 5) is 28.3. The molecule has 0 radical (unpaired) electrons. The van der Waals surface area contributed by atoms with Gasteiger partial charge in [0.25, 0.3) is 11.5 Å². The quantitative estimate of drug-likeness (QED) is 0.455. The van der Waals surface area contributed by atoms with Crippen molar-refractivity contribution in [3.8, 4) is 0 Å². The number of aromatic nitrogens is 2. The number of anilines is 1. The van der Waals surface area contributed by atoms with Crippen LogP contribution in [0.1, 0.15) is 42.1 Å². The number of carbonyl (C=O) groups excluding carboxylic acids is 1. The summed E-state index contributed by atoms with van der Waals surface area (Å²) < 4.78 is 15.6. The summed E-state index contributed by atoms with van der Waals surface area (Å²) >= 11 is 5.32. The van der Waals surface area contributed by atoms with Crippen molar-refractivity contribution in [1.29, 1.82) is 0 Å². The molecular formula is C21H22FN3O2S. The van der Waals surface area contributed by atoms with E-state index in [0.717, 1.165) is 19.3 Å². The number of nitrogens with one attached hydrogen (secondary N) is 2. The Morgan fingerprint density at radius 3 is 2.71 bits per heavy atom. The van der Waals surface area contributed by atoms with Crippen LogP contribution in [0.25, 0.3) is 10.9 Å². The molecule has 1 heterocycles. The maximum atomic E-state index is 13.7. The van der Waals surface area contributed by atoms with Crippen LogP contribution in [0.3, 0.4) is 0 Å². The lowest BCUT2D eigenvalue weighted by Gasteiger charge is -2.10. The first kappa shape index (κ1) is 19.9. The molecule has 146 valence electrons. The zero-order valence-corrected chi connectivity index (χ0v) is 16.7. The van der Waals surface area contributed by atoms with Gasteiger partial charge in [0.2, 0.25) is 0 Å². The smallest absolute Gasteiger partial charge is 0.262 e. The Hall–Kier alpha value is -2.80. The predicted octanol–water partition coefficient (Wildman–Crippen LogP) is 4.95. The summed E-state index contributed by atoms with van der Waals surface area (Å²) in [7, 11) is 0. The van der Waals surface area contributed by atoms with Crippen molar-refractivity contribution in [3.05, 3.63) is 68.5 Å². The number of nitrogens with zero attached hydrogens (tertiary/aromatic N) is 1. The second-order valence-corrected chi connectivity index (χ2v) is 7.16. The average Bonchev–Trinajstić information content (AvgIpc) is 2.67. The molecular weight excluding hydrogens is 377 g/mol. The van der Waals surface area contributed by atoms with Gasteiger partial charge in [0, 0.05) is 17.8 Å². The van der Waals surface area contributed by atoms with Crippen molar-refractivity contribution in [1.82, 2.24) is 9.55 Å². The Balaban J connectivity index is 1.90. The van der Waals surface area contributed by atoms with Crippen LogP contribution in [-0.4, -0.2) is 15.5 Å². The normalized spacial score (nSPS) is 11.0. The molecule has 3 aromatic rings. The van der Waals surface area contributed by atoms with Gasteiger partial charge in [-0.3, -0.25) is 14.2 Å². The van der Waals surface area contributed by atoms with E-state index in [4.69, 9.17) is 12.2 Å². The van der Waals surface area contributed by atoms with E-state index in [-0.39, 0.29) is 11.4 Å². The third-order valence-corrected chi connectivity index (χ3v) is 4.98. The lowest BCUT2D eigenvalue weighted by atomic mass is 10.1. The van der Waals surface area contributed by atoms with Gasteiger partial charge in [-0.05, 0) is 61.5 Å². The van der Waals surface area contributed by atoms with Crippen LogP contribution in [0.15, 0.2) is 41.2 Å². The molecule has 0 saturated heterocycles. The van der Waals surface area contributed by atoms with Crippen molar-refractivity contribution in [2.24, 2.45) is 0 Å². The number of amides is 1. The Bertz CT molecular complexity index is 1150. The topological polar surface area (TPSA) is 66.9 Å². The largest absolute Gasteiger partial charge is 0.332 e. The van der Waals surface area contributed by atoms with E-state index >= 15 is 0 Å². The summed E-state index contributed by atoms with van der Waals surface area (Å²) in [6.45, 7) is 4.32. The highest BCUT2D eigenvalue weighted by Crippen LogP contribution is 2.16. The Kier molecular flexibility index (Phi) is 6.04. The molecule has 0 aliphatic rings. The fraction of sp³-hybridized carbons (Fsp3) is 0.286. The maximum Gasteiger partial charge on any atom is 0.262 e. The SMILES string of the molecule is CCCCCn1c(=S)[nH]c2cc(C(=O)Nc3ccc(C)c(F)c3)ccc2c1=O. The fourth-order valence-corrected chi connectivity index (χ4v) is 3.28. The number of fused-ring (bicyclic) bond motifs is 1. The van der Waals surface area contributed by atoms with Gasteiger partial charge >= 0.3 is 0 Å². The molecule has 0 atom stereocenters. The van der Waals surface area contributed by atoms with Crippen LogP contribution >= 0.6 is 12.2 Å². The van der Waals surface area contributed by atoms with Crippen molar-refractivity contribution < 1.29 is 9.18 Å². The second kappa shape index (κ2) is 8.48. The number of hydrogen-bond donors (Lipinski definition) is 2. The highest BCUT2D eigenvalue weighted by atomic mass is 32.1. The third kappa shape index (κ3) is 4.20. The number of unbranched alkanes of at least 4 members (excludes halogenated alkanes) is 2. The van der Waals surface area contributed by atoms with Gasteiger partial charge in [0.1, 0.15) is 5.82 Å². The van der Waals surface area contributed by atoms with Crippen LogP contribution in [0.4, 0.5) is 10.1 Å².